The van der Waals surface area contributed by atoms with Crippen molar-refractivity contribution in [3.63, 3.8) is 0 Å². The fraction of sp³-hybridized carbons (Fsp3) is 0.471. The lowest BCUT2D eigenvalue weighted by molar-refractivity contribution is -0.122. The molecule has 2 heterocycles. The van der Waals surface area contributed by atoms with Gasteiger partial charge in [-0.1, -0.05) is 29.8 Å². The van der Waals surface area contributed by atoms with Crippen molar-refractivity contribution in [2.24, 2.45) is 0 Å². The molecule has 0 aliphatic carbocycles. The fourth-order valence-electron chi connectivity index (χ4n) is 2.81. The summed E-state index contributed by atoms with van der Waals surface area (Å²) in [6.45, 7) is 3.76. The Labute approximate surface area is 146 Å². The molecule has 0 spiro atoms. The van der Waals surface area contributed by atoms with Gasteiger partial charge in [-0.25, -0.2) is 0 Å². The first-order valence-corrected chi connectivity index (χ1v) is 8.68. The summed E-state index contributed by atoms with van der Waals surface area (Å²) in [6.07, 6.45) is 3.32. The van der Waals surface area contributed by atoms with Crippen LogP contribution in [0.1, 0.15) is 37.0 Å². The summed E-state index contributed by atoms with van der Waals surface area (Å²) in [6, 6.07) is 7.19. The lowest BCUT2D eigenvalue weighted by Crippen LogP contribution is -2.42. The topological polar surface area (TPSA) is 71.8 Å². The number of rotatable bonds is 6. The molecule has 1 aromatic heterocycles. The van der Waals surface area contributed by atoms with E-state index in [-0.39, 0.29) is 11.9 Å². The van der Waals surface area contributed by atoms with Crippen molar-refractivity contribution in [2.45, 2.75) is 51.9 Å². The fourth-order valence-corrected chi connectivity index (χ4v) is 3.02. The SMILES string of the molecule is C[C@@H](NCc1nnc2n1CCCC2)C(=O)NCc1ccccc1Cl. The quantitative estimate of drug-likeness (QED) is 0.839. The first-order valence-electron chi connectivity index (χ1n) is 8.30. The normalized spacial score (nSPS) is 14.9. The van der Waals surface area contributed by atoms with Crippen molar-refractivity contribution in [1.29, 1.82) is 0 Å². The molecule has 1 aromatic carbocycles. The highest BCUT2D eigenvalue weighted by Gasteiger charge is 2.18. The average Bonchev–Trinajstić information content (AvgIpc) is 3.02. The number of carbonyl (C=O) groups excluding carboxylic acids is 1. The van der Waals surface area contributed by atoms with E-state index in [1.54, 1.807) is 0 Å². The van der Waals surface area contributed by atoms with E-state index in [0.717, 1.165) is 36.6 Å². The molecular formula is C17H22ClN5O. The zero-order chi connectivity index (χ0) is 16.9. The lowest BCUT2D eigenvalue weighted by atomic mass is 10.1. The summed E-state index contributed by atoms with van der Waals surface area (Å²) < 4.78 is 2.16. The molecule has 0 fully saturated rings. The van der Waals surface area contributed by atoms with Gasteiger partial charge in [0.1, 0.15) is 11.6 Å². The molecule has 128 valence electrons. The summed E-state index contributed by atoms with van der Waals surface area (Å²) in [4.78, 5) is 12.2. The molecule has 0 radical (unpaired) electrons. The van der Waals surface area contributed by atoms with E-state index < -0.39 is 0 Å². The number of hydrogen-bond acceptors (Lipinski definition) is 4. The van der Waals surface area contributed by atoms with Gasteiger partial charge in [-0.2, -0.15) is 0 Å². The largest absolute Gasteiger partial charge is 0.351 e. The maximum atomic E-state index is 12.2. The van der Waals surface area contributed by atoms with E-state index in [4.69, 9.17) is 11.6 Å². The van der Waals surface area contributed by atoms with Gasteiger partial charge in [0.2, 0.25) is 5.91 Å². The summed E-state index contributed by atoms with van der Waals surface area (Å²) in [7, 11) is 0. The van der Waals surface area contributed by atoms with Crippen LogP contribution in [0.25, 0.3) is 0 Å². The zero-order valence-electron chi connectivity index (χ0n) is 13.8. The molecule has 7 heteroatoms. The molecule has 24 heavy (non-hydrogen) atoms. The van der Waals surface area contributed by atoms with Crippen molar-refractivity contribution in [1.82, 2.24) is 25.4 Å². The molecule has 0 saturated heterocycles. The first kappa shape index (κ1) is 16.9. The van der Waals surface area contributed by atoms with E-state index in [9.17, 15) is 4.79 Å². The van der Waals surface area contributed by atoms with Crippen LogP contribution < -0.4 is 10.6 Å². The van der Waals surface area contributed by atoms with E-state index in [2.05, 4.69) is 25.4 Å². The third-order valence-corrected chi connectivity index (χ3v) is 4.68. The van der Waals surface area contributed by atoms with Crippen molar-refractivity contribution >= 4 is 17.5 Å². The van der Waals surface area contributed by atoms with Crippen molar-refractivity contribution in [3.8, 4) is 0 Å². The average molecular weight is 348 g/mol. The Morgan fingerprint density at radius 3 is 2.96 bits per heavy atom. The second kappa shape index (κ2) is 7.77. The number of aryl methyl sites for hydroxylation is 1. The minimum Gasteiger partial charge on any atom is -0.351 e. The van der Waals surface area contributed by atoms with Crippen molar-refractivity contribution in [3.05, 3.63) is 46.5 Å². The van der Waals surface area contributed by atoms with Crippen LogP contribution in [0.4, 0.5) is 0 Å². The van der Waals surface area contributed by atoms with Gasteiger partial charge >= 0.3 is 0 Å². The highest BCUT2D eigenvalue weighted by Crippen LogP contribution is 2.15. The summed E-state index contributed by atoms with van der Waals surface area (Å²) in [5.41, 5.74) is 0.909. The second-order valence-corrected chi connectivity index (χ2v) is 6.46. The molecule has 0 bridgehead atoms. The second-order valence-electron chi connectivity index (χ2n) is 6.05. The van der Waals surface area contributed by atoms with Gasteiger partial charge in [0, 0.05) is 24.5 Å². The molecular weight excluding hydrogens is 326 g/mol. The molecule has 0 unspecified atom stereocenters. The Kier molecular flexibility index (Phi) is 5.48. The lowest BCUT2D eigenvalue weighted by Gasteiger charge is -2.17. The highest BCUT2D eigenvalue weighted by atomic mass is 35.5. The number of amides is 1. The third kappa shape index (κ3) is 3.94. The maximum absolute atomic E-state index is 12.2. The number of aromatic nitrogens is 3. The summed E-state index contributed by atoms with van der Waals surface area (Å²) in [5, 5.41) is 15.2. The molecule has 0 saturated carbocycles. The molecule has 1 amide bonds. The predicted molar refractivity (Wildman–Crippen MR) is 92.6 cm³/mol. The van der Waals surface area contributed by atoms with E-state index in [0.29, 0.717) is 18.1 Å². The highest BCUT2D eigenvalue weighted by molar-refractivity contribution is 6.31. The smallest absolute Gasteiger partial charge is 0.237 e. The van der Waals surface area contributed by atoms with E-state index >= 15 is 0 Å². The van der Waals surface area contributed by atoms with Gasteiger partial charge in [0.25, 0.3) is 0 Å². The van der Waals surface area contributed by atoms with Gasteiger partial charge in [0.05, 0.1) is 12.6 Å². The van der Waals surface area contributed by atoms with Gasteiger partial charge in [-0.15, -0.1) is 10.2 Å². The van der Waals surface area contributed by atoms with Crippen LogP contribution in [0.3, 0.4) is 0 Å². The number of carbonyl (C=O) groups is 1. The Morgan fingerprint density at radius 1 is 1.29 bits per heavy atom. The van der Waals surface area contributed by atoms with Crippen LogP contribution in [-0.4, -0.2) is 26.7 Å². The Morgan fingerprint density at radius 2 is 2.12 bits per heavy atom. The Bertz CT molecular complexity index is 715. The van der Waals surface area contributed by atoms with Crippen LogP contribution in [0.5, 0.6) is 0 Å². The van der Waals surface area contributed by atoms with Gasteiger partial charge in [-0.3, -0.25) is 10.1 Å². The number of benzene rings is 1. The predicted octanol–water partition coefficient (Wildman–Crippen LogP) is 2.06. The number of fused-ring (bicyclic) bond motifs is 1. The molecule has 1 atom stereocenters. The maximum Gasteiger partial charge on any atom is 0.237 e. The van der Waals surface area contributed by atoms with Crippen LogP contribution in [0.2, 0.25) is 5.02 Å². The summed E-state index contributed by atoms with van der Waals surface area (Å²) >= 11 is 6.10. The van der Waals surface area contributed by atoms with Crippen LogP contribution in [0, 0.1) is 0 Å². The van der Waals surface area contributed by atoms with Gasteiger partial charge < -0.3 is 9.88 Å². The monoisotopic (exact) mass is 347 g/mol. The first-order chi connectivity index (χ1) is 11.6. The third-order valence-electron chi connectivity index (χ3n) is 4.31. The standard InChI is InChI=1S/C17H22ClN5O/c1-12(17(24)20-10-13-6-2-3-7-14(13)18)19-11-16-22-21-15-8-4-5-9-23(15)16/h2-3,6-7,12,19H,4-5,8-11H2,1H3,(H,20,24)/t12-/m1/s1. The Hall–Kier alpha value is -1.92. The van der Waals surface area contributed by atoms with Crippen molar-refractivity contribution in [2.75, 3.05) is 0 Å². The number of hydrogen-bond donors (Lipinski definition) is 2. The van der Waals surface area contributed by atoms with Crippen LogP contribution >= 0.6 is 11.6 Å². The number of nitrogens with zero attached hydrogens (tertiary/aromatic N) is 3. The molecule has 6 nitrogen and oxygen atoms in total. The minimum atomic E-state index is -0.316. The number of halogens is 1. The summed E-state index contributed by atoms with van der Waals surface area (Å²) in [5.74, 6) is 1.89. The molecule has 2 aromatic rings. The molecule has 2 N–H and O–H groups in total. The van der Waals surface area contributed by atoms with E-state index in [1.807, 2.05) is 31.2 Å². The van der Waals surface area contributed by atoms with Crippen LogP contribution in [-0.2, 0) is 30.8 Å². The molecule has 1 aliphatic rings. The minimum absolute atomic E-state index is 0.0618. The van der Waals surface area contributed by atoms with Gasteiger partial charge in [-0.05, 0) is 31.4 Å². The molecule has 3 rings (SSSR count). The van der Waals surface area contributed by atoms with Gasteiger partial charge in [0.15, 0.2) is 0 Å². The molecule has 1 aliphatic heterocycles. The zero-order valence-corrected chi connectivity index (χ0v) is 14.5. The Balaban J connectivity index is 1.50. The van der Waals surface area contributed by atoms with E-state index in [1.165, 1.54) is 6.42 Å². The number of nitrogens with one attached hydrogen (secondary N) is 2. The van der Waals surface area contributed by atoms with Crippen molar-refractivity contribution < 1.29 is 4.79 Å². The van der Waals surface area contributed by atoms with Crippen LogP contribution in [0.15, 0.2) is 24.3 Å².